The first kappa shape index (κ1) is 16.3. The molecule has 0 bridgehead atoms. The third kappa shape index (κ3) is 2.46. The molecule has 29 heavy (non-hydrogen) atoms. The van der Waals surface area contributed by atoms with Gasteiger partial charge in [0.05, 0.1) is 0 Å². The molecule has 0 N–H and O–H groups in total. The summed E-state index contributed by atoms with van der Waals surface area (Å²) in [6.07, 6.45) is 0. The summed E-state index contributed by atoms with van der Waals surface area (Å²) in [7, 11) is 0. The summed E-state index contributed by atoms with van der Waals surface area (Å²) in [5.74, 6) is 0. The molecule has 0 aromatic heterocycles. The van der Waals surface area contributed by atoms with Gasteiger partial charge in [-0.3, -0.25) is 0 Å². The van der Waals surface area contributed by atoms with Gasteiger partial charge in [-0.05, 0) is 84.9 Å². The number of benzene rings is 6. The Bertz CT molecular complexity index is 1550. The Kier molecular flexibility index (Phi) is 3.48. The van der Waals surface area contributed by atoms with Crippen LogP contribution in [0.2, 0.25) is 0 Å². The van der Waals surface area contributed by atoms with Crippen LogP contribution in [0.1, 0.15) is 5.56 Å². The zero-order chi connectivity index (χ0) is 19.4. The van der Waals surface area contributed by atoms with Gasteiger partial charge in [0.2, 0.25) is 0 Å². The van der Waals surface area contributed by atoms with Crippen LogP contribution in [-0.2, 0) is 0 Å². The van der Waals surface area contributed by atoms with E-state index in [2.05, 4.69) is 110 Å². The average Bonchev–Trinajstić information content (AvgIpc) is 2.77. The summed E-state index contributed by atoms with van der Waals surface area (Å²) >= 11 is 0. The van der Waals surface area contributed by atoms with Crippen LogP contribution in [-0.4, -0.2) is 0 Å². The van der Waals surface area contributed by atoms with Crippen LogP contribution in [0.25, 0.3) is 54.2 Å². The van der Waals surface area contributed by atoms with Gasteiger partial charge < -0.3 is 0 Å². The maximum atomic E-state index is 2.35. The van der Waals surface area contributed by atoms with Crippen molar-refractivity contribution in [1.82, 2.24) is 0 Å². The first-order valence-electron chi connectivity index (χ1n) is 10.1. The summed E-state index contributed by atoms with van der Waals surface area (Å²) in [6, 6.07) is 37.7. The molecule has 6 aromatic rings. The summed E-state index contributed by atoms with van der Waals surface area (Å²) in [5, 5.41) is 10.5. The lowest BCUT2D eigenvalue weighted by molar-refractivity contribution is 1.58. The van der Waals surface area contributed by atoms with E-state index in [1.54, 1.807) is 0 Å². The fourth-order valence-corrected chi connectivity index (χ4v) is 4.75. The maximum Gasteiger partial charge on any atom is -0.00961 e. The van der Waals surface area contributed by atoms with Gasteiger partial charge in [-0.2, -0.15) is 0 Å². The molecule has 0 fully saturated rings. The molecule has 0 aliphatic carbocycles. The summed E-state index contributed by atoms with van der Waals surface area (Å²) in [5.41, 5.74) is 3.96. The number of hydrogen-bond donors (Lipinski definition) is 0. The van der Waals surface area contributed by atoms with E-state index in [9.17, 15) is 0 Å². The highest BCUT2D eigenvalue weighted by molar-refractivity contribution is 6.12. The molecule has 0 saturated carbocycles. The van der Waals surface area contributed by atoms with Gasteiger partial charge in [-0.15, -0.1) is 0 Å². The lowest BCUT2D eigenvalue weighted by atomic mass is 9.89. The van der Waals surface area contributed by atoms with Crippen molar-refractivity contribution in [2.75, 3.05) is 0 Å². The number of aryl methyl sites for hydroxylation is 1. The Balaban J connectivity index is 1.74. The Morgan fingerprint density at radius 3 is 1.72 bits per heavy atom. The van der Waals surface area contributed by atoms with Crippen LogP contribution in [0, 0.1) is 6.92 Å². The average molecular weight is 368 g/mol. The standard InChI is InChI=1S/C29H20/c1-19-24-12-5-4-10-23(24)18-29-25(19)13-7-15-27(29)26-14-6-11-22-16-20-8-2-3-9-21(20)17-28(22)26/h2-18H,1H3. The highest BCUT2D eigenvalue weighted by atomic mass is 14.1. The molecule has 0 spiro atoms. The molecule has 0 saturated heterocycles. The lowest BCUT2D eigenvalue weighted by Gasteiger charge is -2.14. The zero-order valence-corrected chi connectivity index (χ0v) is 16.3. The first-order chi connectivity index (χ1) is 14.3. The Hall–Kier alpha value is -3.64. The zero-order valence-electron chi connectivity index (χ0n) is 16.3. The second kappa shape index (κ2) is 6.18. The van der Waals surface area contributed by atoms with Crippen molar-refractivity contribution in [1.29, 1.82) is 0 Å². The van der Waals surface area contributed by atoms with E-state index in [0.29, 0.717) is 0 Å². The first-order valence-corrected chi connectivity index (χ1v) is 10.1. The van der Waals surface area contributed by atoms with Gasteiger partial charge >= 0.3 is 0 Å². The van der Waals surface area contributed by atoms with Crippen LogP contribution in [0.15, 0.2) is 103 Å². The number of fused-ring (bicyclic) bond motifs is 4. The van der Waals surface area contributed by atoms with Crippen LogP contribution >= 0.6 is 0 Å². The van der Waals surface area contributed by atoms with Crippen molar-refractivity contribution >= 4 is 43.1 Å². The SMILES string of the molecule is Cc1c2ccccc2cc2c(-c3cccc4cc5ccccc5cc34)cccc12. The van der Waals surface area contributed by atoms with Crippen molar-refractivity contribution < 1.29 is 0 Å². The molecule has 6 rings (SSSR count). The largest absolute Gasteiger partial charge is 0.0616 e. The molecule has 0 radical (unpaired) electrons. The van der Waals surface area contributed by atoms with Crippen molar-refractivity contribution in [3.63, 3.8) is 0 Å². The Morgan fingerprint density at radius 2 is 0.897 bits per heavy atom. The lowest BCUT2D eigenvalue weighted by Crippen LogP contribution is -1.88. The summed E-state index contributed by atoms with van der Waals surface area (Å²) in [6.45, 7) is 2.24. The quantitative estimate of drug-likeness (QED) is 0.256. The van der Waals surface area contributed by atoms with Gasteiger partial charge in [0.1, 0.15) is 0 Å². The van der Waals surface area contributed by atoms with Crippen molar-refractivity contribution in [3.8, 4) is 11.1 Å². The molecular formula is C29H20. The van der Waals surface area contributed by atoms with Gasteiger partial charge in [-0.1, -0.05) is 84.9 Å². The van der Waals surface area contributed by atoms with Crippen molar-refractivity contribution in [2.45, 2.75) is 6.92 Å². The van der Waals surface area contributed by atoms with Gasteiger partial charge in [0.25, 0.3) is 0 Å². The molecule has 0 aliphatic heterocycles. The fourth-order valence-electron chi connectivity index (χ4n) is 4.75. The minimum Gasteiger partial charge on any atom is -0.0616 e. The molecule has 0 atom stereocenters. The van der Waals surface area contributed by atoms with Crippen LogP contribution in [0.3, 0.4) is 0 Å². The third-order valence-electron chi connectivity index (χ3n) is 6.21. The highest BCUT2D eigenvalue weighted by Crippen LogP contribution is 2.38. The number of rotatable bonds is 1. The third-order valence-corrected chi connectivity index (χ3v) is 6.21. The van der Waals surface area contributed by atoms with Crippen LogP contribution < -0.4 is 0 Å². The molecule has 0 heteroatoms. The molecule has 0 unspecified atom stereocenters. The van der Waals surface area contributed by atoms with E-state index < -0.39 is 0 Å². The summed E-state index contributed by atoms with van der Waals surface area (Å²) in [4.78, 5) is 0. The highest BCUT2D eigenvalue weighted by Gasteiger charge is 2.11. The Morgan fingerprint density at radius 1 is 0.379 bits per heavy atom. The van der Waals surface area contributed by atoms with E-state index in [4.69, 9.17) is 0 Å². The van der Waals surface area contributed by atoms with Crippen LogP contribution in [0.4, 0.5) is 0 Å². The molecule has 0 aliphatic rings. The molecule has 0 heterocycles. The molecular weight excluding hydrogens is 348 g/mol. The van der Waals surface area contributed by atoms with E-state index in [-0.39, 0.29) is 0 Å². The minimum absolute atomic E-state index is 1.29. The fraction of sp³-hybridized carbons (Fsp3) is 0.0345. The van der Waals surface area contributed by atoms with E-state index in [1.807, 2.05) is 0 Å². The minimum atomic E-state index is 1.29. The number of hydrogen-bond acceptors (Lipinski definition) is 0. The van der Waals surface area contributed by atoms with Crippen LogP contribution in [0.5, 0.6) is 0 Å². The second-order valence-electron chi connectivity index (χ2n) is 7.85. The predicted molar refractivity (Wildman–Crippen MR) is 127 cm³/mol. The topological polar surface area (TPSA) is 0 Å². The van der Waals surface area contributed by atoms with Gasteiger partial charge in [-0.25, -0.2) is 0 Å². The van der Waals surface area contributed by atoms with Crippen molar-refractivity contribution in [2.24, 2.45) is 0 Å². The molecule has 0 amide bonds. The summed E-state index contributed by atoms with van der Waals surface area (Å²) < 4.78 is 0. The van der Waals surface area contributed by atoms with Gasteiger partial charge in [0.15, 0.2) is 0 Å². The van der Waals surface area contributed by atoms with E-state index >= 15 is 0 Å². The van der Waals surface area contributed by atoms with E-state index in [1.165, 1.54) is 59.8 Å². The molecule has 136 valence electrons. The molecule has 0 nitrogen and oxygen atoms in total. The normalized spacial score (nSPS) is 11.6. The monoisotopic (exact) mass is 368 g/mol. The second-order valence-corrected chi connectivity index (χ2v) is 7.85. The van der Waals surface area contributed by atoms with E-state index in [0.717, 1.165) is 0 Å². The van der Waals surface area contributed by atoms with Gasteiger partial charge in [0, 0.05) is 0 Å². The smallest absolute Gasteiger partial charge is 0.00961 e. The Labute approximate surface area is 170 Å². The maximum absolute atomic E-state index is 2.35. The molecule has 6 aromatic carbocycles. The predicted octanol–water partition coefficient (Wildman–Crippen LogP) is 8.27. The van der Waals surface area contributed by atoms with Crippen molar-refractivity contribution in [3.05, 3.63) is 109 Å².